The van der Waals surface area contributed by atoms with Gasteiger partial charge in [0, 0.05) is 6.04 Å². The van der Waals surface area contributed by atoms with Gasteiger partial charge in [0.2, 0.25) is 0 Å². The minimum absolute atomic E-state index is 0.484. The van der Waals surface area contributed by atoms with Gasteiger partial charge in [-0.25, -0.2) is 0 Å². The Hall–Kier alpha value is -1.02. The Morgan fingerprint density at radius 1 is 1.28 bits per heavy atom. The van der Waals surface area contributed by atoms with Gasteiger partial charge in [0.15, 0.2) is 0 Å². The van der Waals surface area contributed by atoms with Crippen molar-refractivity contribution >= 4 is 0 Å². The fourth-order valence-corrected chi connectivity index (χ4v) is 3.24. The molecule has 0 saturated heterocycles. The fourth-order valence-electron chi connectivity index (χ4n) is 3.24. The van der Waals surface area contributed by atoms with E-state index in [0.717, 1.165) is 24.2 Å². The van der Waals surface area contributed by atoms with Crippen molar-refractivity contribution in [3.05, 3.63) is 29.8 Å². The van der Waals surface area contributed by atoms with E-state index in [2.05, 4.69) is 43.6 Å². The molecule has 0 spiro atoms. The summed E-state index contributed by atoms with van der Waals surface area (Å²) in [7, 11) is 2.08. The number of nitrogens with one attached hydrogen (secondary N) is 1. The molecular weight excluding hydrogens is 222 g/mol. The molecule has 1 N–H and O–H groups in total. The van der Waals surface area contributed by atoms with Gasteiger partial charge in [0.05, 0.1) is 6.61 Å². The van der Waals surface area contributed by atoms with Gasteiger partial charge in [-0.05, 0) is 49.9 Å². The summed E-state index contributed by atoms with van der Waals surface area (Å²) < 4.78 is 5.50. The quantitative estimate of drug-likeness (QED) is 0.855. The maximum atomic E-state index is 5.50. The minimum atomic E-state index is 0.484. The topological polar surface area (TPSA) is 21.3 Å². The Kier molecular flexibility index (Phi) is 4.65. The summed E-state index contributed by atoms with van der Waals surface area (Å²) in [5, 5.41) is 3.50. The smallest absolute Gasteiger partial charge is 0.119 e. The van der Waals surface area contributed by atoms with Crippen molar-refractivity contribution in [2.24, 2.45) is 11.8 Å². The van der Waals surface area contributed by atoms with Crippen LogP contribution < -0.4 is 10.1 Å². The number of hydrogen-bond donors (Lipinski definition) is 1. The van der Waals surface area contributed by atoms with Crippen LogP contribution in [0.1, 0.15) is 44.7 Å². The zero-order valence-corrected chi connectivity index (χ0v) is 11.8. The molecule has 1 fully saturated rings. The highest BCUT2D eigenvalue weighted by molar-refractivity contribution is 5.29. The van der Waals surface area contributed by atoms with Crippen LogP contribution in [0.4, 0.5) is 0 Å². The first-order chi connectivity index (χ1) is 8.76. The van der Waals surface area contributed by atoms with Gasteiger partial charge < -0.3 is 10.1 Å². The molecule has 2 nitrogen and oxygen atoms in total. The van der Waals surface area contributed by atoms with Crippen LogP contribution >= 0.6 is 0 Å². The van der Waals surface area contributed by atoms with Crippen LogP contribution in [-0.4, -0.2) is 13.7 Å². The highest BCUT2D eigenvalue weighted by atomic mass is 16.5. The lowest BCUT2D eigenvalue weighted by atomic mass is 9.86. The van der Waals surface area contributed by atoms with Crippen LogP contribution in [0.2, 0.25) is 0 Å². The van der Waals surface area contributed by atoms with Gasteiger partial charge >= 0.3 is 0 Å². The first kappa shape index (κ1) is 13.4. The molecule has 0 radical (unpaired) electrons. The molecule has 0 aromatic heterocycles. The number of ether oxygens (including phenoxy) is 1. The van der Waals surface area contributed by atoms with Crippen molar-refractivity contribution in [1.82, 2.24) is 5.32 Å². The monoisotopic (exact) mass is 247 g/mol. The summed E-state index contributed by atoms with van der Waals surface area (Å²) in [5.41, 5.74) is 1.39. The Bertz CT molecular complexity index is 360. The van der Waals surface area contributed by atoms with E-state index < -0.39 is 0 Å². The second kappa shape index (κ2) is 6.24. The maximum Gasteiger partial charge on any atom is 0.119 e. The Morgan fingerprint density at radius 3 is 2.50 bits per heavy atom. The van der Waals surface area contributed by atoms with Gasteiger partial charge in [0.25, 0.3) is 0 Å². The Morgan fingerprint density at radius 2 is 2.00 bits per heavy atom. The van der Waals surface area contributed by atoms with Gasteiger partial charge in [0.1, 0.15) is 5.75 Å². The van der Waals surface area contributed by atoms with Crippen molar-refractivity contribution < 1.29 is 4.74 Å². The van der Waals surface area contributed by atoms with E-state index in [1.807, 2.05) is 6.92 Å². The highest BCUT2D eigenvalue weighted by Gasteiger charge is 2.30. The summed E-state index contributed by atoms with van der Waals surface area (Å²) in [6.45, 7) is 5.13. The lowest BCUT2D eigenvalue weighted by Crippen LogP contribution is -2.26. The molecule has 0 aliphatic heterocycles. The molecule has 1 aliphatic carbocycles. The SMILES string of the molecule is CCOc1ccc(C(NC)C2CCCC2C)cc1. The first-order valence-electron chi connectivity index (χ1n) is 7.16. The van der Waals surface area contributed by atoms with E-state index in [0.29, 0.717) is 6.04 Å². The molecule has 1 aliphatic rings. The Balaban J connectivity index is 2.11. The molecule has 1 aromatic rings. The van der Waals surface area contributed by atoms with E-state index in [1.165, 1.54) is 24.8 Å². The summed E-state index contributed by atoms with van der Waals surface area (Å²) in [5.74, 6) is 2.57. The Labute approximate surface area is 111 Å². The van der Waals surface area contributed by atoms with E-state index in [-0.39, 0.29) is 0 Å². The van der Waals surface area contributed by atoms with E-state index >= 15 is 0 Å². The van der Waals surface area contributed by atoms with Crippen molar-refractivity contribution in [3.8, 4) is 5.75 Å². The van der Waals surface area contributed by atoms with E-state index in [4.69, 9.17) is 4.74 Å². The lowest BCUT2D eigenvalue weighted by Gasteiger charge is -2.27. The average molecular weight is 247 g/mol. The molecule has 2 heteroatoms. The predicted molar refractivity (Wildman–Crippen MR) is 75.9 cm³/mol. The third-order valence-electron chi connectivity index (χ3n) is 4.22. The standard InChI is InChI=1S/C16H25NO/c1-4-18-14-10-8-13(9-11-14)16(17-3)15-7-5-6-12(15)2/h8-12,15-17H,4-7H2,1-3H3. The van der Waals surface area contributed by atoms with Crippen molar-refractivity contribution in [2.45, 2.75) is 39.2 Å². The molecule has 0 amide bonds. The van der Waals surface area contributed by atoms with Crippen LogP contribution in [0.25, 0.3) is 0 Å². The molecule has 2 rings (SSSR count). The highest BCUT2D eigenvalue weighted by Crippen LogP contribution is 2.40. The van der Waals surface area contributed by atoms with Crippen molar-refractivity contribution in [1.29, 1.82) is 0 Å². The largest absolute Gasteiger partial charge is 0.494 e. The van der Waals surface area contributed by atoms with Gasteiger partial charge in [-0.1, -0.05) is 31.9 Å². The zero-order valence-electron chi connectivity index (χ0n) is 11.8. The van der Waals surface area contributed by atoms with Crippen molar-refractivity contribution in [3.63, 3.8) is 0 Å². The summed E-state index contributed by atoms with van der Waals surface area (Å²) in [6.07, 6.45) is 4.10. The molecule has 0 heterocycles. The van der Waals surface area contributed by atoms with Crippen molar-refractivity contribution in [2.75, 3.05) is 13.7 Å². The summed E-state index contributed by atoms with van der Waals surface area (Å²) in [4.78, 5) is 0. The maximum absolute atomic E-state index is 5.50. The molecular formula is C16H25NO. The summed E-state index contributed by atoms with van der Waals surface area (Å²) in [6, 6.07) is 9.07. The normalized spacial score (nSPS) is 25.1. The van der Waals surface area contributed by atoms with E-state index in [1.54, 1.807) is 0 Å². The minimum Gasteiger partial charge on any atom is -0.494 e. The van der Waals surface area contributed by atoms with Crippen LogP contribution in [0.3, 0.4) is 0 Å². The van der Waals surface area contributed by atoms with Gasteiger partial charge in [-0.3, -0.25) is 0 Å². The zero-order chi connectivity index (χ0) is 13.0. The molecule has 3 atom stereocenters. The molecule has 1 saturated carbocycles. The predicted octanol–water partition coefficient (Wildman–Crippen LogP) is 3.78. The van der Waals surface area contributed by atoms with E-state index in [9.17, 15) is 0 Å². The average Bonchev–Trinajstić information content (AvgIpc) is 2.79. The fraction of sp³-hybridized carbons (Fsp3) is 0.625. The second-order valence-electron chi connectivity index (χ2n) is 5.34. The van der Waals surface area contributed by atoms with Gasteiger partial charge in [-0.2, -0.15) is 0 Å². The second-order valence-corrected chi connectivity index (χ2v) is 5.34. The van der Waals surface area contributed by atoms with Crippen LogP contribution in [0.5, 0.6) is 5.75 Å². The first-order valence-corrected chi connectivity index (χ1v) is 7.16. The molecule has 1 aromatic carbocycles. The molecule has 100 valence electrons. The summed E-state index contributed by atoms with van der Waals surface area (Å²) >= 11 is 0. The van der Waals surface area contributed by atoms with Crippen LogP contribution in [-0.2, 0) is 0 Å². The number of benzene rings is 1. The molecule has 0 bridgehead atoms. The number of hydrogen-bond acceptors (Lipinski definition) is 2. The number of rotatable bonds is 5. The third-order valence-corrected chi connectivity index (χ3v) is 4.22. The van der Waals surface area contributed by atoms with Crippen LogP contribution in [0.15, 0.2) is 24.3 Å². The lowest BCUT2D eigenvalue weighted by molar-refractivity contribution is 0.314. The molecule has 18 heavy (non-hydrogen) atoms. The molecule has 3 unspecified atom stereocenters. The van der Waals surface area contributed by atoms with Crippen LogP contribution in [0, 0.1) is 11.8 Å². The third kappa shape index (κ3) is 2.86. The van der Waals surface area contributed by atoms with Gasteiger partial charge in [-0.15, -0.1) is 0 Å².